The van der Waals surface area contributed by atoms with Crippen LogP contribution < -0.4 is 15.4 Å². The van der Waals surface area contributed by atoms with Crippen LogP contribution in [0.2, 0.25) is 0 Å². The van der Waals surface area contributed by atoms with Crippen LogP contribution >= 0.6 is 0 Å². The van der Waals surface area contributed by atoms with Gasteiger partial charge < -0.3 is 10.2 Å². The molecule has 1 aliphatic heterocycles. The first-order valence-electron chi connectivity index (χ1n) is 9.05. The van der Waals surface area contributed by atoms with Gasteiger partial charge in [-0.05, 0) is 48.7 Å². The molecule has 148 valence electrons. The summed E-state index contributed by atoms with van der Waals surface area (Å²) >= 11 is 0. The lowest BCUT2D eigenvalue weighted by Gasteiger charge is -2.17. The molecule has 0 aromatic heterocycles. The first-order chi connectivity index (χ1) is 13.2. The topological polar surface area (TPSA) is 110 Å². The second kappa shape index (κ2) is 8.12. The summed E-state index contributed by atoms with van der Waals surface area (Å²) in [6.07, 6.45) is 1.67. The Morgan fingerprint density at radius 2 is 1.79 bits per heavy atom. The number of nitrogens with one attached hydrogen (secondary N) is 1. The molecule has 1 aliphatic rings. The number of anilines is 1. The van der Waals surface area contributed by atoms with Crippen LogP contribution in [0.3, 0.4) is 0 Å². The van der Waals surface area contributed by atoms with Gasteiger partial charge in [0.15, 0.2) is 0 Å². The van der Waals surface area contributed by atoms with E-state index >= 15 is 0 Å². The Hall–Kier alpha value is -2.71. The fraction of sp³-hybridized carbons (Fsp3) is 0.300. The molecule has 2 amide bonds. The van der Waals surface area contributed by atoms with Gasteiger partial charge in [-0.25, -0.2) is 13.6 Å². The highest BCUT2D eigenvalue weighted by molar-refractivity contribution is 7.89. The SMILES string of the molecule is C[C@@H](NC(=O)Cc1ccc(N2CCCC2=O)cc1)c1ccc(S(N)(=O)=O)cc1. The number of hydrogen-bond acceptors (Lipinski definition) is 4. The third-order valence-corrected chi connectivity index (χ3v) is 5.70. The summed E-state index contributed by atoms with van der Waals surface area (Å²) in [5.74, 6) is -0.0132. The molecule has 2 aromatic rings. The number of nitrogens with two attached hydrogens (primary N) is 1. The van der Waals surface area contributed by atoms with Crippen LogP contribution in [0.1, 0.15) is 36.9 Å². The van der Waals surface area contributed by atoms with Gasteiger partial charge in [0.05, 0.1) is 17.4 Å². The van der Waals surface area contributed by atoms with E-state index in [0.29, 0.717) is 6.42 Å². The Morgan fingerprint density at radius 1 is 1.14 bits per heavy atom. The van der Waals surface area contributed by atoms with Crippen LogP contribution in [-0.2, 0) is 26.0 Å². The van der Waals surface area contributed by atoms with Crippen LogP contribution in [0.15, 0.2) is 53.4 Å². The van der Waals surface area contributed by atoms with Crippen LogP contribution in [0.4, 0.5) is 5.69 Å². The van der Waals surface area contributed by atoms with Crippen molar-refractivity contribution in [3.63, 3.8) is 0 Å². The molecule has 0 aliphatic carbocycles. The smallest absolute Gasteiger partial charge is 0.238 e. The van der Waals surface area contributed by atoms with Crippen molar-refractivity contribution < 1.29 is 18.0 Å². The predicted octanol–water partition coefficient (Wildman–Crippen LogP) is 1.88. The van der Waals surface area contributed by atoms with E-state index in [9.17, 15) is 18.0 Å². The molecule has 3 rings (SSSR count). The molecule has 3 N–H and O–H groups in total. The minimum absolute atomic E-state index is 0.0337. The molecule has 0 unspecified atom stereocenters. The zero-order valence-electron chi connectivity index (χ0n) is 15.6. The van der Waals surface area contributed by atoms with Gasteiger partial charge in [-0.2, -0.15) is 0 Å². The number of primary sulfonamides is 1. The fourth-order valence-corrected chi connectivity index (χ4v) is 3.74. The molecule has 1 fully saturated rings. The van der Waals surface area contributed by atoms with E-state index in [0.717, 1.165) is 29.8 Å². The number of rotatable bonds is 6. The van der Waals surface area contributed by atoms with E-state index < -0.39 is 10.0 Å². The largest absolute Gasteiger partial charge is 0.349 e. The van der Waals surface area contributed by atoms with E-state index in [2.05, 4.69) is 5.32 Å². The number of carbonyl (C=O) groups excluding carboxylic acids is 2. The molecule has 2 aromatic carbocycles. The van der Waals surface area contributed by atoms with E-state index in [1.165, 1.54) is 12.1 Å². The van der Waals surface area contributed by atoms with Crippen molar-refractivity contribution in [2.75, 3.05) is 11.4 Å². The quantitative estimate of drug-likeness (QED) is 0.770. The van der Waals surface area contributed by atoms with Crippen molar-refractivity contribution in [1.29, 1.82) is 0 Å². The molecule has 8 heteroatoms. The van der Waals surface area contributed by atoms with Crippen molar-refractivity contribution >= 4 is 27.5 Å². The lowest BCUT2D eigenvalue weighted by atomic mass is 10.1. The molecule has 28 heavy (non-hydrogen) atoms. The standard InChI is InChI=1S/C20H23N3O4S/c1-14(16-6-10-18(11-7-16)28(21,26)27)22-19(24)13-15-4-8-17(9-5-15)23-12-2-3-20(23)25/h4-11,14H,2-3,12-13H2,1H3,(H,22,24)(H2,21,26,27)/t14-/m1/s1. The predicted molar refractivity (Wildman–Crippen MR) is 106 cm³/mol. The summed E-state index contributed by atoms with van der Waals surface area (Å²) in [6.45, 7) is 2.56. The molecule has 1 atom stereocenters. The van der Waals surface area contributed by atoms with E-state index in [1.54, 1.807) is 17.0 Å². The Labute approximate surface area is 164 Å². The maximum absolute atomic E-state index is 12.3. The van der Waals surface area contributed by atoms with Crippen molar-refractivity contribution in [3.05, 3.63) is 59.7 Å². The summed E-state index contributed by atoms with van der Waals surface area (Å²) in [5.41, 5.74) is 2.49. The van der Waals surface area contributed by atoms with Crippen molar-refractivity contribution in [2.45, 2.75) is 37.1 Å². The first kappa shape index (κ1) is 20.0. The summed E-state index contributed by atoms with van der Waals surface area (Å²) in [6, 6.07) is 13.3. The second-order valence-corrected chi connectivity index (χ2v) is 8.46. The highest BCUT2D eigenvalue weighted by Crippen LogP contribution is 2.22. The summed E-state index contributed by atoms with van der Waals surface area (Å²) in [4.78, 5) is 25.9. The normalized spacial score (nSPS) is 15.5. The minimum Gasteiger partial charge on any atom is -0.349 e. The van der Waals surface area contributed by atoms with Gasteiger partial charge in [0, 0.05) is 18.7 Å². The number of amides is 2. The maximum Gasteiger partial charge on any atom is 0.238 e. The Morgan fingerprint density at radius 3 is 2.32 bits per heavy atom. The van der Waals surface area contributed by atoms with E-state index in [-0.39, 0.29) is 29.2 Å². The fourth-order valence-electron chi connectivity index (χ4n) is 3.22. The van der Waals surface area contributed by atoms with E-state index in [1.807, 2.05) is 31.2 Å². The zero-order chi connectivity index (χ0) is 20.3. The van der Waals surface area contributed by atoms with Crippen LogP contribution in [0.5, 0.6) is 0 Å². The van der Waals surface area contributed by atoms with Gasteiger partial charge in [0.1, 0.15) is 0 Å². The molecule has 1 saturated heterocycles. The average Bonchev–Trinajstić information content (AvgIpc) is 3.07. The van der Waals surface area contributed by atoms with Crippen molar-refractivity contribution in [3.8, 4) is 0 Å². The van der Waals surface area contributed by atoms with Gasteiger partial charge in [0.2, 0.25) is 21.8 Å². The number of benzene rings is 2. The van der Waals surface area contributed by atoms with Gasteiger partial charge in [0.25, 0.3) is 0 Å². The minimum atomic E-state index is -3.73. The van der Waals surface area contributed by atoms with E-state index in [4.69, 9.17) is 5.14 Å². The Balaban J connectivity index is 1.58. The van der Waals surface area contributed by atoms with Crippen LogP contribution in [-0.4, -0.2) is 26.8 Å². The molecule has 0 radical (unpaired) electrons. The number of sulfonamides is 1. The third-order valence-electron chi connectivity index (χ3n) is 4.77. The maximum atomic E-state index is 12.3. The lowest BCUT2D eigenvalue weighted by Crippen LogP contribution is -2.28. The number of hydrogen-bond donors (Lipinski definition) is 2. The molecule has 7 nitrogen and oxygen atoms in total. The number of carbonyl (C=O) groups is 2. The molecule has 0 saturated carbocycles. The molecule has 0 bridgehead atoms. The molecule has 0 spiro atoms. The number of nitrogens with zero attached hydrogens (tertiary/aromatic N) is 1. The van der Waals surface area contributed by atoms with Crippen molar-refractivity contribution in [2.24, 2.45) is 5.14 Å². The Kier molecular flexibility index (Phi) is 5.81. The van der Waals surface area contributed by atoms with Crippen molar-refractivity contribution in [1.82, 2.24) is 5.32 Å². The second-order valence-electron chi connectivity index (χ2n) is 6.90. The lowest BCUT2D eigenvalue weighted by molar-refractivity contribution is -0.121. The van der Waals surface area contributed by atoms with Gasteiger partial charge in [-0.15, -0.1) is 0 Å². The van der Waals surface area contributed by atoms with Crippen LogP contribution in [0.25, 0.3) is 0 Å². The molecule has 1 heterocycles. The molecular formula is C20H23N3O4S. The third kappa shape index (κ3) is 4.76. The summed E-state index contributed by atoms with van der Waals surface area (Å²) in [5, 5.41) is 7.98. The molecular weight excluding hydrogens is 378 g/mol. The van der Waals surface area contributed by atoms with Gasteiger partial charge >= 0.3 is 0 Å². The monoisotopic (exact) mass is 401 g/mol. The summed E-state index contributed by atoms with van der Waals surface area (Å²) in [7, 11) is -3.73. The zero-order valence-corrected chi connectivity index (χ0v) is 16.4. The highest BCUT2D eigenvalue weighted by Gasteiger charge is 2.21. The van der Waals surface area contributed by atoms with Gasteiger partial charge in [-0.3, -0.25) is 9.59 Å². The first-order valence-corrected chi connectivity index (χ1v) is 10.6. The Bertz CT molecular complexity index is 970. The average molecular weight is 401 g/mol. The van der Waals surface area contributed by atoms with Gasteiger partial charge in [-0.1, -0.05) is 24.3 Å². The highest BCUT2D eigenvalue weighted by atomic mass is 32.2. The van der Waals surface area contributed by atoms with Crippen LogP contribution in [0, 0.1) is 0 Å². The summed E-state index contributed by atoms with van der Waals surface area (Å²) < 4.78 is 22.6.